The molecule has 8 nitrogen and oxygen atoms in total. The van der Waals surface area contributed by atoms with Gasteiger partial charge in [0.25, 0.3) is 0 Å². The molecule has 1 aromatic heterocycles. The molecule has 9 atom stereocenters. The molecule has 1 aromatic rings. The third-order valence-corrected chi connectivity index (χ3v) is 15.6. The number of fused-ring (bicyclic) bond motifs is 7. The van der Waals surface area contributed by atoms with Crippen LogP contribution >= 0.6 is 0 Å². The molecule has 0 aromatic carbocycles. The number of carbonyl (C=O) groups excluding carboxylic acids is 3. The van der Waals surface area contributed by atoms with Gasteiger partial charge in [-0.15, -0.1) is 0 Å². The number of nitrogens with one attached hydrogen (secondary N) is 1. The average molecular weight is 729 g/mol. The van der Waals surface area contributed by atoms with Crippen molar-refractivity contribution in [3.05, 3.63) is 53.4 Å². The number of aromatic nitrogens is 1. The fourth-order valence-corrected chi connectivity index (χ4v) is 13.2. The van der Waals surface area contributed by atoms with Crippen LogP contribution in [0.25, 0.3) is 0 Å². The van der Waals surface area contributed by atoms with Crippen molar-refractivity contribution in [2.45, 2.75) is 146 Å². The minimum absolute atomic E-state index is 0.0681. The maximum absolute atomic E-state index is 14.0. The molecule has 1 heterocycles. The Morgan fingerprint density at radius 2 is 1.58 bits per heavy atom. The van der Waals surface area contributed by atoms with E-state index in [0.717, 1.165) is 62.6 Å². The zero-order valence-electron chi connectivity index (χ0n) is 33.9. The summed E-state index contributed by atoms with van der Waals surface area (Å²) in [4.78, 5) is 56.6. The lowest BCUT2D eigenvalue weighted by Gasteiger charge is -2.70. The molecular weight excluding hydrogens is 665 g/mol. The molecule has 0 saturated heterocycles. The number of amides is 1. The summed E-state index contributed by atoms with van der Waals surface area (Å²) in [6.07, 6.45) is 13.4. The Morgan fingerprint density at radius 3 is 2.23 bits per heavy atom. The van der Waals surface area contributed by atoms with Gasteiger partial charge < -0.3 is 15.2 Å². The van der Waals surface area contributed by atoms with Crippen molar-refractivity contribution in [3.8, 4) is 0 Å². The van der Waals surface area contributed by atoms with E-state index >= 15 is 0 Å². The number of rotatable bonds is 9. The summed E-state index contributed by atoms with van der Waals surface area (Å²) in [5.41, 5.74) is 1.26. The van der Waals surface area contributed by atoms with E-state index in [1.54, 1.807) is 26.1 Å². The molecule has 0 bridgehead atoms. The fourth-order valence-electron chi connectivity index (χ4n) is 13.2. The minimum Gasteiger partial charge on any atom is -0.481 e. The number of pyridine rings is 1. The van der Waals surface area contributed by atoms with Crippen molar-refractivity contribution in [2.75, 3.05) is 0 Å². The maximum atomic E-state index is 14.0. The van der Waals surface area contributed by atoms with Crippen molar-refractivity contribution in [2.24, 2.45) is 56.2 Å². The highest BCUT2D eigenvalue weighted by Crippen LogP contribution is 2.76. The highest BCUT2D eigenvalue weighted by molar-refractivity contribution is 6.01. The minimum atomic E-state index is -1.17. The van der Waals surface area contributed by atoms with E-state index in [1.807, 2.05) is 25.1 Å². The Balaban J connectivity index is 1.27. The number of Topliss-reactive ketones (excluding diaryl/α,β-unsaturated/α-hetero) is 1. The van der Waals surface area contributed by atoms with E-state index in [-0.39, 0.29) is 57.8 Å². The molecule has 53 heavy (non-hydrogen) atoms. The molecule has 4 saturated carbocycles. The molecule has 0 unspecified atom stereocenters. The second kappa shape index (κ2) is 13.5. The first-order valence-corrected chi connectivity index (χ1v) is 20.2. The summed E-state index contributed by atoms with van der Waals surface area (Å²) >= 11 is 0. The van der Waals surface area contributed by atoms with Gasteiger partial charge in [-0.2, -0.15) is 0 Å². The van der Waals surface area contributed by atoms with Crippen LogP contribution in [0.15, 0.2) is 47.7 Å². The zero-order chi connectivity index (χ0) is 38.9. The van der Waals surface area contributed by atoms with Gasteiger partial charge in [0.1, 0.15) is 6.10 Å². The van der Waals surface area contributed by atoms with Crippen molar-refractivity contribution in [1.82, 2.24) is 10.3 Å². The van der Waals surface area contributed by atoms with Gasteiger partial charge in [0, 0.05) is 23.4 Å². The second-order valence-corrected chi connectivity index (χ2v) is 19.9. The van der Waals surface area contributed by atoms with Crippen molar-refractivity contribution in [1.29, 1.82) is 0 Å². The SMILES string of the molecule is CC(C)C1=C2[C@@](/C=C/C(=O)N[C@@H](C)c3ccccn3)(CC[C@H]3[C@]4(C)CC[C@H]5C(C)(C)[C@@H](OC(=O)CC(C)(C)C(=O)O)CC[C@]5(C)[C@H]4CC[C@]23C)CC1=O. The number of nitrogens with zero attached hydrogens (tertiary/aromatic N) is 1. The standard InChI is InChI=1S/C45H64N2O6/c1-27(2)37-30(48)25-45(23-18-35(49)47-28(3)29-13-11-12-24-46-29)22-16-33-43(9)19-14-31-41(6,7)34(53-36(50)26-40(4,5)39(51)52)17-21-42(31,8)32(43)15-20-44(33,10)38(37)45/h11-13,18,23-24,27-28,31-34H,14-17,19-22,25-26H2,1-10H3,(H,47,49)(H,51,52)/b23-18+/t28-,31-,32+,33-,34-,42-,43+,44-,45+/m0/s1. The third kappa shape index (κ3) is 6.42. The van der Waals surface area contributed by atoms with Gasteiger partial charge in [-0.25, -0.2) is 0 Å². The zero-order valence-corrected chi connectivity index (χ0v) is 33.9. The number of carboxylic acids is 1. The van der Waals surface area contributed by atoms with Crippen LogP contribution < -0.4 is 5.32 Å². The van der Waals surface area contributed by atoms with Crippen molar-refractivity contribution < 1.29 is 29.0 Å². The highest BCUT2D eigenvalue weighted by atomic mass is 16.5. The summed E-state index contributed by atoms with van der Waals surface area (Å²) in [7, 11) is 0. The predicted octanol–water partition coefficient (Wildman–Crippen LogP) is 9.21. The number of hydrogen-bond acceptors (Lipinski definition) is 6. The van der Waals surface area contributed by atoms with E-state index in [2.05, 4.69) is 64.8 Å². The first-order chi connectivity index (χ1) is 24.6. The van der Waals surface area contributed by atoms with Gasteiger partial charge in [0.15, 0.2) is 5.78 Å². The van der Waals surface area contributed by atoms with Crippen LogP contribution in [0, 0.1) is 56.2 Å². The van der Waals surface area contributed by atoms with E-state index in [9.17, 15) is 24.3 Å². The number of esters is 1. The molecule has 0 spiro atoms. The second-order valence-electron chi connectivity index (χ2n) is 19.9. The Bertz CT molecular complexity index is 1710. The summed E-state index contributed by atoms with van der Waals surface area (Å²) in [6, 6.07) is 5.48. The number of ether oxygens (including phenoxy) is 1. The van der Waals surface area contributed by atoms with E-state index in [0.29, 0.717) is 24.2 Å². The van der Waals surface area contributed by atoms with Crippen LogP contribution in [-0.4, -0.2) is 39.8 Å². The van der Waals surface area contributed by atoms with Crippen LogP contribution in [0.4, 0.5) is 0 Å². The molecule has 2 N–H and O–H groups in total. The lowest BCUT2D eigenvalue weighted by Crippen LogP contribution is -2.64. The average Bonchev–Trinajstić information content (AvgIpc) is 3.38. The normalized spacial score (nSPS) is 37.0. The van der Waals surface area contributed by atoms with Crippen LogP contribution in [0.3, 0.4) is 0 Å². The maximum Gasteiger partial charge on any atom is 0.309 e. The van der Waals surface area contributed by atoms with Crippen molar-refractivity contribution in [3.63, 3.8) is 0 Å². The molecule has 4 fully saturated rings. The Labute approximate surface area is 317 Å². The number of carboxylic acid groups (broad SMARTS) is 1. The smallest absolute Gasteiger partial charge is 0.309 e. The molecule has 290 valence electrons. The van der Waals surface area contributed by atoms with Gasteiger partial charge in [0.05, 0.1) is 23.6 Å². The van der Waals surface area contributed by atoms with Crippen LogP contribution in [-0.2, 0) is 23.9 Å². The lowest BCUT2D eigenvalue weighted by molar-refractivity contribution is -0.221. The lowest BCUT2D eigenvalue weighted by atomic mass is 9.34. The molecule has 8 heteroatoms. The van der Waals surface area contributed by atoms with E-state index in [4.69, 9.17) is 4.74 Å². The molecule has 0 aliphatic heterocycles. The summed E-state index contributed by atoms with van der Waals surface area (Å²) in [5, 5.41) is 12.7. The molecule has 6 rings (SSSR count). The van der Waals surface area contributed by atoms with Gasteiger partial charge in [-0.05, 0) is 141 Å². The monoisotopic (exact) mass is 728 g/mol. The highest BCUT2D eigenvalue weighted by Gasteiger charge is 2.69. The number of ketones is 1. The largest absolute Gasteiger partial charge is 0.481 e. The van der Waals surface area contributed by atoms with Crippen LogP contribution in [0.2, 0.25) is 0 Å². The summed E-state index contributed by atoms with van der Waals surface area (Å²) in [6.45, 7) is 21.5. The summed E-state index contributed by atoms with van der Waals surface area (Å²) in [5.74, 6) is 0.0558. The molecule has 5 aliphatic rings. The van der Waals surface area contributed by atoms with Crippen LogP contribution in [0.5, 0.6) is 0 Å². The Morgan fingerprint density at radius 1 is 0.943 bits per heavy atom. The quantitative estimate of drug-likeness (QED) is 0.192. The van der Waals surface area contributed by atoms with Gasteiger partial charge in [0.2, 0.25) is 5.91 Å². The number of hydrogen-bond donors (Lipinski definition) is 2. The van der Waals surface area contributed by atoms with E-state index in [1.165, 1.54) is 5.57 Å². The fraction of sp³-hybridized carbons (Fsp3) is 0.711. The van der Waals surface area contributed by atoms with Crippen molar-refractivity contribution >= 4 is 23.6 Å². The number of carbonyl (C=O) groups is 4. The Hall–Kier alpha value is -3.29. The topological polar surface area (TPSA) is 123 Å². The Kier molecular flexibility index (Phi) is 10.0. The van der Waals surface area contributed by atoms with Gasteiger partial charge in [-0.1, -0.05) is 60.6 Å². The predicted molar refractivity (Wildman–Crippen MR) is 205 cm³/mol. The molecule has 1 amide bonds. The molecular formula is C45H64N2O6. The number of allylic oxidation sites excluding steroid dienone is 3. The van der Waals surface area contributed by atoms with Gasteiger partial charge >= 0.3 is 11.9 Å². The summed E-state index contributed by atoms with van der Waals surface area (Å²) < 4.78 is 6.16. The molecule has 0 radical (unpaired) electrons. The first-order valence-electron chi connectivity index (χ1n) is 20.2. The third-order valence-electron chi connectivity index (χ3n) is 15.6. The first kappa shape index (κ1) is 39.4. The van der Waals surface area contributed by atoms with Crippen LogP contribution in [0.1, 0.15) is 145 Å². The molecule has 5 aliphatic carbocycles. The van der Waals surface area contributed by atoms with E-state index < -0.39 is 22.8 Å². The number of aliphatic carboxylic acids is 1. The van der Waals surface area contributed by atoms with Gasteiger partial charge in [-0.3, -0.25) is 24.2 Å².